The molecule has 0 aliphatic rings. The largest absolute Gasteiger partial charge is 0.338 e. The summed E-state index contributed by atoms with van der Waals surface area (Å²) < 4.78 is 6.77. The van der Waals surface area contributed by atoms with Gasteiger partial charge in [0.15, 0.2) is 5.82 Å². The van der Waals surface area contributed by atoms with Crippen molar-refractivity contribution in [2.75, 3.05) is 5.32 Å². The first kappa shape index (κ1) is 16.1. The SMILES string of the molecule is CC(=O)Nc1cccc(-n2nnnc2S[C@H](C)c2nc(C)no2)c1. The maximum absolute atomic E-state index is 11.2. The van der Waals surface area contributed by atoms with Gasteiger partial charge in [0.1, 0.15) is 0 Å². The minimum atomic E-state index is -0.140. The summed E-state index contributed by atoms with van der Waals surface area (Å²) >= 11 is 1.40. The highest BCUT2D eigenvalue weighted by Crippen LogP contribution is 2.33. The molecule has 2 heterocycles. The number of aryl methyl sites for hydroxylation is 1. The number of carbonyl (C=O) groups is 1. The van der Waals surface area contributed by atoms with Crippen LogP contribution in [0.5, 0.6) is 0 Å². The Morgan fingerprint density at radius 2 is 2.25 bits per heavy atom. The highest BCUT2D eigenvalue weighted by molar-refractivity contribution is 7.99. The normalized spacial score (nSPS) is 12.1. The molecule has 0 saturated heterocycles. The number of amides is 1. The summed E-state index contributed by atoms with van der Waals surface area (Å²) in [6.45, 7) is 5.16. The Labute approximate surface area is 141 Å². The van der Waals surface area contributed by atoms with Crippen LogP contribution >= 0.6 is 11.8 Å². The van der Waals surface area contributed by atoms with Crippen molar-refractivity contribution in [3.63, 3.8) is 0 Å². The molecule has 124 valence electrons. The van der Waals surface area contributed by atoms with Crippen molar-refractivity contribution >= 4 is 23.4 Å². The van der Waals surface area contributed by atoms with Gasteiger partial charge in [-0.05, 0) is 42.5 Å². The number of anilines is 1. The van der Waals surface area contributed by atoms with Gasteiger partial charge in [-0.1, -0.05) is 23.0 Å². The van der Waals surface area contributed by atoms with Crippen LogP contribution in [0.4, 0.5) is 5.69 Å². The number of nitrogens with zero attached hydrogens (tertiary/aromatic N) is 6. The van der Waals surface area contributed by atoms with E-state index in [2.05, 4.69) is 31.0 Å². The molecule has 10 heteroatoms. The fraction of sp³-hybridized carbons (Fsp3) is 0.286. The number of nitrogens with one attached hydrogen (secondary N) is 1. The number of hydrogen-bond donors (Lipinski definition) is 1. The van der Waals surface area contributed by atoms with Gasteiger partial charge in [-0.3, -0.25) is 4.79 Å². The molecule has 1 aromatic carbocycles. The van der Waals surface area contributed by atoms with Crippen molar-refractivity contribution in [2.24, 2.45) is 0 Å². The Hall–Kier alpha value is -2.75. The van der Waals surface area contributed by atoms with Crippen LogP contribution in [0.15, 0.2) is 33.9 Å². The van der Waals surface area contributed by atoms with Crippen molar-refractivity contribution in [2.45, 2.75) is 31.2 Å². The third-order valence-electron chi connectivity index (χ3n) is 3.03. The molecule has 24 heavy (non-hydrogen) atoms. The lowest BCUT2D eigenvalue weighted by Gasteiger charge is -2.08. The number of hydrogen-bond acceptors (Lipinski definition) is 8. The van der Waals surface area contributed by atoms with Gasteiger partial charge >= 0.3 is 0 Å². The Bertz CT molecular complexity index is 860. The van der Waals surface area contributed by atoms with E-state index >= 15 is 0 Å². The van der Waals surface area contributed by atoms with E-state index in [1.165, 1.54) is 18.7 Å². The number of tetrazole rings is 1. The van der Waals surface area contributed by atoms with Crippen LogP contribution < -0.4 is 5.32 Å². The Kier molecular flexibility index (Phi) is 4.56. The summed E-state index contributed by atoms with van der Waals surface area (Å²) in [5.41, 5.74) is 1.41. The lowest BCUT2D eigenvalue weighted by atomic mass is 10.3. The van der Waals surface area contributed by atoms with Gasteiger partial charge in [0.05, 0.1) is 10.9 Å². The number of aromatic nitrogens is 6. The minimum Gasteiger partial charge on any atom is -0.338 e. The van der Waals surface area contributed by atoms with Crippen LogP contribution in [0.2, 0.25) is 0 Å². The van der Waals surface area contributed by atoms with Crippen LogP contribution in [-0.2, 0) is 4.79 Å². The third-order valence-corrected chi connectivity index (χ3v) is 4.05. The van der Waals surface area contributed by atoms with E-state index in [4.69, 9.17) is 4.52 Å². The van der Waals surface area contributed by atoms with Gasteiger partial charge in [0.2, 0.25) is 17.0 Å². The van der Waals surface area contributed by atoms with Gasteiger partial charge in [-0.25, -0.2) is 0 Å². The van der Waals surface area contributed by atoms with Gasteiger partial charge in [-0.15, -0.1) is 5.10 Å². The monoisotopic (exact) mass is 345 g/mol. The molecule has 1 amide bonds. The molecule has 0 unspecified atom stereocenters. The van der Waals surface area contributed by atoms with E-state index < -0.39 is 0 Å². The number of thioether (sulfide) groups is 1. The molecule has 0 aliphatic carbocycles. The highest BCUT2D eigenvalue weighted by Gasteiger charge is 2.19. The summed E-state index contributed by atoms with van der Waals surface area (Å²) in [7, 11) is 0. The zero-order valence-corrected chi connectivity index (χ0v) is 14.1. The second kappa shape index (κ2) is 6.79. The molecule has 0 radical (unpaired) electrons. The van der Waals surface area contributed by atoms with Crippen LogP contribution in [0.1, 0.15) is 30.8 Å². The molecular formula is C14H15N7O2S. The number of carbonyl (C=O) groups excluding carboxylic acids is 1. The lowest BCUT2D eigenvalue weighted by molar-refractivity contribution is -0.114. The molecule has 3 aromatic rings. The van der Waals surface area contributed by atoms with Crippen molar-refractivity contribution in [1.29, 1.82) is 0 Å². The molecule has 0 fully saturated rings. The van der Waals surface area contributed by atoms with Crippen LogP contribution in [0.25, 0.3) is 5.69 Å². The van der Waals surface area contributed by atoms with Crippen molar-refractivity contribution in [1.82, 2.24) is 30.3 Å². The average molecular weight is 345 g/mol. The van der Waals surface area contributed by atoms with Crippen molar-refractivity contribution in [3.8, 4) is 5.69 Å². The second-order valence-corrected chi connectivity index (χ2v) is 6.35. The Morgan fingerprint density at radius 1 is 1.42 bits per heavy atom. The Balaban J connectivity index is 1.84. The van der Waals surface area contributed by atoms with Crippen LogP contribution in [0.3, 0.4) is 0 Å². The fourth-order valence-corrected chi connectivity index (χ4v) is 2.86. The van der Waals surface area contributed by atoms with Crippen LogP contribution in [0, 0.1) is 6.92 Å². The van der Waals surface area contributed by atoms with Gasteiger partial charge in [0.25, 0.3) is 0 Å². The summed E-state index contributed by atoms with van der Waals surface area (Å²) in [4.78, 5) is 15.4. The van der Waals surface area contributed by atoms with Crippen LogP contribution in [-0.4, -0.2) is 36.3 Å². The molecule has 0 bridgehead atoms. The van der Waals surface area contributed by atoms with Crippen molar-refractivity contribution < 1.29 is 9.32 Å². The molecule has 1 atom stereocenters. The average Bonchev–Trinajstić information content (AvgIpc) is 3.16. The molecule has 3 rings (SSSR count). The van der Waals surface area contributed by atoms with E-state index in [-0.39, 0.29) is 11.2 Å². The zero-order valence-electron chi connectivity index (χ0n) is 13.3. The summed E-state index contributed by atoms with van der Waals surface area (Å²) in [5, 5.41) is 18.8. The smallest absolute Gasteiger partial charge is 0.239 e. The Morgan fingerprint density at radius 3 is 2.96 bits per heavy atom. The fourth-order valence-electron chi connectivity index (χ4n) is 2.02. The molecule has 1 N–H and O–H groups in total. The molecular weight excluding hydrogens is 330 g/mol. The predicted octanol–water partition coefficient (Wildman–Crippen LogP) is 2.17. The topological polar surface area (TPSA) is 112 Å². The maximum atomic E-state index is 11.2. The lowest BCUT2D eigenvalue weighted by Crippen LogP contribution is -2.07. The molecule has 0 saturated carbocycles. The maximum Gasteiger partial charge on any atom is 0.239 e. The number of benzene rings is 1. The zero-order chi connectivity index (χ0) is 17.1. The molecule has 2 aromatic heterocycles. The number of rotatable bonds is 5. The first-order valence-corrected chi connectivity index (χ1v) is 8.04. The summed E-state index contributed by atoms with van der Waals surface area (Å²) in [6.07, 6.45) is 0. The second-order valence-electron chi connectivity index (χ2n) is 5.04. The molecule has 0 aliphatic heterocycles. The first-order valence-electron chi connectivity index (χ1n) is 7.16. The summed E-state index contributed by atoms with van der Waals surface area (Å²) in [5.74, 6) is 0.956. The van der Waals surface area contributed by atoms with E-state index in [1.54, 1.807) is 23.7 Å². The highest BCUT2D eigenvalue weighted by atomic mass is 32.2. The van der Waals surface area contributed by atoms with Gasteiger partial charge < -0.3 is 9.84 Å². The summed E-state index contributed by atoms with van der Waals surface area (Å²) in [6, 6.07) is 7.27. The van der Waals surface area contributed by atoms with E-state index in [0.29, 0.717) is 22.6 Å². The van der Waals surface area contributed by atoms with E-state index in [1.807, 2.05) is 19.1 Å². The quantitative estimate of drug-likeness (QED) is 0.700. The first-order chi connectivity index (χ1) is 11.5. The van der Waals surface area contributed by atoms with Gasteiger partial charge in [0, 0.05) is 12.6 Å². The van der Waals surface area contributed by atoms with E-state index in [9.17, 15) is 4.79 Å². The van der Waals surface area contributed by atoms with Gasteiger partial charge in [-0.2, -0.15) is 9.67 Å². The standard InChI is InChI=1S/C14H15N7O2S/c1-8(13-15-9(2)18-23-13)24-14-17-19-20-21(14)12-6-4-5-11(7-12)16-10(3)22/h4-8H,1-3H3,(H,16,22)/t8-/m1/s1. The van der Waals surface area contributed by atoms with E-state index in [0.717, 1.165) is 5.69 Å². The van der Waals surface area contributed by atoms with Crippen molar-refractivity contribution in [3.05, 3.63) is 36.0 Å². The molecule has 9 nitrogen and oxygen atoms in total. The third kappa shape index (κ3) is 3.59. The predicted molar refractivity (Wildman–Crippen MR) is 86.8 cm³/mol. The minimum absolute atomic E-state index is 0.102. The molecule has 0 spiro atoms.